The summed E-state index contributed by atoms with van der Waals surface area (Å²) in [6.07, 6.45) is 3.36. The van der Waals surface area contributed by atoms with E-state index >= 15 is 0 Å². The van der Waals surface area contributed by atoms with Crippen molar-refractivity contribution >= 4 is 0 Å². The second-order valence-corrected chi connectivity index (χ2v) is 6.35. The maximum Gasteiger partial charge on any atom is 0.250 e. The van der Waals surface area contributed by atoms with Crippen molar-refractivity contribution in [2.75, 3.05) is 13.1 Å². The van der Waals surface area contributed by atoms with E-state index in [1.165, 1.54) is 17.3 Å². The lowest BCUT2D eigenvalue weighted by Gasteiger charge is -2.32. The van der Waals surface area contributed by atoms with Crippen molar-refractivity contribution in [1.82, 2.24) is 19.7 Å². The molecular formula is C18H25FN4O. The Labute approximate surface area is 142 Å². The summed E-state index contributed by atoms with van der Waals surface area (Å²) < 4.78 is 21.4. The molecule has 0 aliphatic carbocycles. The van der Waals surface area contributed by atoms with Crippen LogP contribution in [0.2, 0.25) is 0 Å². The molecule has 0 amide bonds. The number of hydrogen-bond donors (Lipinski definition) is 0. The Bertz CT molecular complexity index is 692. The van der Waals surface area contributed by atoms with E-state index in [1.54, 1.807) is 12.3 Å². The third-order valence-electron chi connectivity index (χ3n) is 4.75. The number of rotatable bonds is 5. The van der Waals surface area contributed by atoms with Crippen molar-refractivity contribution in [3.8, 4) is 5.88 Å². The fraction of sp³-hybridized carbons (Fsp3) is 0.556. The van der Waals surface area contributed by atoms with Gasteiger partial charge in [0.05, 0.1) is 5.69 Å². The van der Waals surface area contributed by atoms with Gasteiger partial charge in [0.15, 0.2) is 5.82 Å². The molecule has 24 heavy (non-hydrogen) atoms. The number of halogens is 1. The van der Waals surface area contributed by atoms with Crippen molar-refractivity contribution < 1.29 is 9.13 Å². The zero-order valence-corrected chi connectivity index (χ0v) is 14.6. The third kappa shape index (κ3) is 3.59. The normalized spacial score (nSPS) is 16.5. The van der Waals surface area contributed by atoms with Gasteiger partial charge in [-0.1, -0.05) is 0 Å². The van der Waals surface area contributed by atoms with Crippen LogP contribution in [0.4, 0.5) is 4.39 Å². The average molecular weight is 332 g/mol. The van der Waals surface area contributed by atoms with E-state index < -0.39 is 5.82 Å². The molecule has 0 unspecified atom stereocenters. The van der Waals surface area contributed by atoms with E-state index in [9.17, 15) is 4.39 Å². The van der Waals surface area contributed by atoms with E-state index in [0.717, 1.165) is 44.7 Å². The Kier molecular flexibility index (Phi) is 5.14. The molecule has 130 valence electrons. The molecule has 5 nitrogen and oxygen atoms in total. The third-order valence-corrected chi connectivity index (χ3v) is 4.75. The first-order chi connectivity index (χ1) is 11.6. The van der Waals surface area contributed by atoms with Gasteiger partial charge < -0.3 is 4.74 Å². The summed E-state index contributed by atoms with van der Waals surface area (Å²) in [6.45, 7) is 10.0. The van der Waals surface area contributed by atoms with Gasteiger partial charge in [0.1, 0.15) is 6.10 Å². The quantitative estimate of drug-likeness (QED) is 0.844. The number of likely N-dealkylation sites (tertiary alicyclic amines) is 1. The second-order valence-electron chi connectivity index (χ2n) is 6.35. The molecule has 2 aromatic heterocycles. The number of aryl methyl sites for hydroxylation is 2. The SMILES string of the molecule is CCn1nc(C)c(CN2CCC(Oc3ncccc3F)CC2)c1C. The van der Waals surface area contributed by atoms with Gasteiger partial charge in [0.25, 0.3) is 5.88 Å². The highest BCUT2D eigenvalue weighted by Crippen LogP contribution is 2.22. The molecule has 2 aromatic rings. The minimum Gasteiger partial charge on any atom is -0.472 e. The summed E-state index contributed by atoms with van der Waals surface area (Å²) in [5, 5.41) is 4.59. The molecule has 1 aliphatic heterocycles. The standard InChI is InChI=1S/C18H25FN4O/c1-4-23-14(3)16(13(2)21-23)12-22-10-7-15(8-11-22)24-18-17(19)6-5-9-20-18/h5-6,9,15H,4,7-8,10-12H2,1-3H3. The van der Waals surface area contributed by atoms with Gasteiger partial charge in [-0.25, -0.2) is 9.37 Å². The summed E-state index contributed by atoms with van der Waals surface area (Å²) in [7, 11) is 0. The minimum absolute atomic E-state index is 0.0335. The topological polar surface area (TPSA) is 43.2 Å². The molecule has 0 bridgehead atoms. The highest BCUT2D eigenvalue weighted by atomic mass is 19.1. The van der Waals surface area contributed by atoms with Gasteiger partial charge in [0, 0.05) is 43.6 Å². The molecular weight excluding hydrogens is 307 g/mol. The van der Waals surface area contributed by atoms with Crippen LogP contribution in [0.3, 0.4) is 0 Å². The summed E-state index contributed by atoms with van der Waals surface area (Å²) in [5.41, 5.74) is 3.69. The van der Waals surface area contributed by atoms with E-state index in [4.69, 9.17) is 4.74 Å². The van der Waals surface area contributed by atoms with Crippen molar-refractivity contribution in [3.63, 3.8) is 0 Å². The van der Waals surface area contributed by atoms with Crippen LogP contribution >= 0.6 is 0 Å². The molecule has 6 heteroatoms. The second kappa shape index (κ2) is 7.30. The van der Waals surface area contributed by atoms with E-state index in [0.29, 0.717) is 0 Å². The number of pyridine rings is 1. The van der Waals surface area contributed by atoms with Crippen LogP contribution in [0.25, 0.3) is 0 Å². The van der Waals surface area contributed by atoms with Gasteiger partial charge >= 0.3 is 0 Å². The van der Waals surface area contributed by atoms with Crippen LogP contribution in [-0.4, -0.2) is 38.9 Å². The fourth-order valence-electron chi connectivity index (χ4n) is 3.30. The summed E-state index contributed by atoms with van der Waals surface area (Å²) in [6, 6.07) is 2.96. The lowest BCUT2D eigenvalue weighted by molar-refractivity contribution is 0.0894. The highest BCUT2D eigenvalue weighted by molar-refractivity contribution is 5.24. The maximum absolute atomic E-state index is 13.6. The van der Waals surface area contributed by atoms with Crippen LogP contribution in [-0.2, 0) is 13.1 Å². The Balaban J connectivity index is 1.56. The molecule has 1 aliphatic rings. The van der Waals surface area contributed by atoms with Crippen molar-refractivity contribution in [2.24, 2.45) is 0 Å². The van der Waals surface area contributed by atoms with E-state index in [2.05, 4.69) is 40.4 Å². The largest absolute Gasteiger partial charge is 0.472 e. The molecule has 3 rings (SSSR count). The molecule has 0 saturated carbocycles. The predicted molar refractivity (Wildman–Crippen MR) is 90.5 cm³/mol. The van der Waals surface area contributed by atoms with Crippen LogP contribution in [0.15, 0.2) is 18.3 Å². The summed E-state index contributed by atoms with van der Waals surface area (Å²) >= 11 is 0. The van der Waals surface area contributed by atoms with Gasteiger partial charge in [-0.15, -0.1) is 0 Å². The molecule has 1 fully saturated rings. The number of ether oxygens (including phenoxy) is 1. The number of aromatic nitrogens is 3. The molecule has 0 N–H and O–H groups in total. The lowest BCUT2D eigenvalue weighted by Crippen LogP contribution is -2.38. The Hall–Kier alpha value is -1.95. The summed E-state index contributed by atoms with van der Waals surface area (Å²) in [5.74, 6) is -0.273. The molecule has 0 spiro atoms. The molecule has 0 radical (unpaired) electrons. The minimum atomic E-state index is -0.391. The highest BCUT2D eigenvalue weighted by Gasteiger charge is 2.23. The van der Waals surface area contributed by atoms with E-state index in [1.807, 2.05) is 0 Å². The van der Waals surface area contributed by atoms with Crippen molar-refractivity contribution in [2.45, 2.75) is 52.8 Å². The fourth-order valence-corrected chi connectivity index (χ4v) is 3.30. The van der Waals surface area contributed by atoms with Gasteiger partial charge in [-0.05, 0) is 45.7 Å². The van der Waals surface area contributed by atoms with Gasteiger partial charge in [-0.2, -0.15) is 5.10 Å². The van der Waals surface area contributed by atoms with E-state index in [-0.39, 0.29) is 12.0 Å². The van der Waals surface area contributed by atoms with Crippen LogP contribution < -0.4 is 4.74 Å². The Morgan fingerprint density at radius 1 is 1.29 bits per heavy atom. The molecule has 0 atom stereocenters. The lowest BCUT2D eigenvalue weighted by atomic mass is 10.1. The zero-order valence-electron chi connectivity index (χ0n) is 14.6. The smallest absolute Gasteiger partial charge is 0.250 e. The number of hydrogen-bond acceptors (Lipinski definition) is 4. The van der Waals surface area contributed by atoms with Crippen molar-refractivity contribution in [3.05, 3.63) is 41.1 Å². The number of nitrogens with zero attached hydrogens (tertiary/aromatic N) is 4. The monoisotopic (exact) mass is 332 g/mol. The van der Waals surface area contributed by atoms with Crippen molar-refractivity contribution in [1.29, 1.82) is 0 Å². The van der Waals surface area contributed by atoms with Gasteiger partial charge in [-0.3, -0.25) is 9.58 Å². The zero-order chi connectivity index (χ0) is 17.1. The molecule has 3 heterocycles. The summed E-state index contributed by atoms with van der Waals surface area (Å²) in [4.78, 5) is 6.39. The first-order valence-corrected chi connectivity index (χ1v) is 8.61. The van der Waals surface area contributed by atoms with Gasteiger partial charge in [0.2, 0.25) is 0 Å². The average Bonchev–Trinajstić information content (AvgIpc) is 2.86. The predicted octanol–water partition coefficient (Wildman–Crippen LogP) is 3.10. The molecule has 1 saturated heterocycles. The Morgan fingerprint density at radius 2 is 2.04 bits per heavy atom. The Morgan fingerprint density at radius 3 is 2.67 bits per heavy atom. The first kappa shape index (κ1) is 16.9. The first-order valence-electron chi connectivity index (χ1n) is 8.61. The number of piperidine rings is 1. The van der Waals surface area contributed by atoms with Crippen LogP contribution in [0.1, 0.15) is 36.7 Å². The molecule has 0 aromatic carbocycles. The van der Waals surface area contributed by atoms with Crippen LogP contribution in [0.5, 0.6) is 5.88 Å². The van der Waals surface area contributed by atoms with Crippen LogP contribution in [0, 0.1) is 19.7 Å². The maximum atomic E-state index is 13.6.